The van der Waals surface area contributed by atoms with Crippen LogP contribution < -0.4 is 5.73 Å². The normalized spacial score (nSPS) is 11.9. The van der Waals surface area contributed by atoms with Gasteiger partial charge in [0.1, 0.15) is 5.82 Å². The Balaban J connectivity index is 2.15. The van der Waals surface area contributed by atoms with Gasteiger partial charge in [0.15, 0.2) is 5.16 Å². The lowest BCUT2D eigenvalue weighted by molar-refractivity contribution is 0.559. The molecular formula is C17H24N4S. The summed E-state index contributed by atoms with van der Waals surface area (Å²) in [7, 11) is 0. The van der Waals surface area contributed by atoms with Crippen LogP contribution in [0.1, 0.15) is 57.5 Å². The summed E-state index contributed by atoms with van der Waals surface area (Å²) >= 11 is 1.57. The third-order valence-corrected chi connectivity index (χ3v) is 4.23. The Bertz CT molecular complexity index is 647. The first kappa shape index (κ1) is 16.7. The molecule has 0 saturated heterocycles. The van der Waals surface area contributed by atoms with Crippen LogP contribution in [0, 0.1) is 0 Å². The number of anilines is 1. The van der Waals surface area contributed by atoms with Crippen molar-refractivity contribution >= 4 is 17.6 Å². The Labute approximate surface area is 137 Å². The van der Waals surface area contributed by atoms with Crippen molar-refractivity contribution in [3.8, 4) is 0 Å². The van der Waals surface area contributed by atoms with E-state index in [1.807, 2.05) is 12.3 Å². The lowest BCUT2D eigenvalue weighted by atomic mass is 9.92. The Morgan fingerprint density at radius 3 is 2.55 bits per heavy atom. The van der Waals surface area contributed by atoms with Gasteiger partial charge in [-0.05, 0) is 23.6 Å². The van der Waals surface area contributed by atoms with E-state index >= 15 is 0 Å². The lowest BCUT2D eigenvalue weighted by Gasteiger charge is -2.18. The van der Waals surface area contributed by atoms with E-state index < -0.39 is 0 Å². The molecule has 0 aromatic carbocycles. The molecule has 0 amide bonds. The second-order valence-electron chi connectivity index (χ2n) is 6.73. The van der Waals surface area contributed by atoms with Crippen LogP contribution in [0.3, 0.4) is 0 Å². The highest BCUT2D eigenvalue weighted by atomic mass is 32.2. The standard InChI is InChI=1S/C17H24N4S/c1-11(2)12-6-7-19-13(8-12)10-22-16-20-14(17(3,4)5)9-15(18)21-16/h6-9,11H,10H2,1-5H3,(H2,18,20,21). The molecule has 0 aliphatic carbocycles. The average molecular weight is 316 g/mol. The monoisotopic (exact) mass is 316 g/mol. The molecule has 4 nitrogen and oxygen atoms in total. The zero-order valence-electron chi connectivity index (χ0n) is 13.9. The molecule has 0 aliphatic rings. The minimum atomic E-state index is -0.0395. The van der Waals surface area contributed by atoms with E-state index in [0.29, 0.717) is 16.9 Å². The van der Waals surface area contributed by atoms with Crippen LogP contribution in [0.4, 0.5) is 5.82 Å². The SMILES string of the molecule is CC(C)c1ccnc(CSc2nc(N)cc(C(C)(C)C)n2)c1. The summed E-state index contributed by atoms with van der Waals surface area (Å²) in [6, 6.07) is 6.06. The molecule has 118 valence electrons. The van der Waals surface area contributed by atoms with Crippen molar-refractivity contribution in [2.75, 3.05) is 5.73 Å². The van der Waals surface area contributed by atoms with Crippen LogP contribution in [0.2, 0.25) is 0 Å². The van der Waals surface area contributed by atoms with Gasteiger partial charge in [0.25, 0.3) is 0 Å². The second-order valence-corrected chi connectivity index (χ2v) is 7.68. The predicted molar refractivity (Wildman–Crippen MR) is 93.0 cm³/mol. The molecule has 0 radical (unpaired) electrons. The van der Waals surface area contributed by atoms with E-state index in [4.69, 9.17) is 5.73 Å². The fourth-order valence-electron chi connectivity index (χ4n) is 1.97. The Morgan fingerprint density at radius 1 is 1.18 bits per heavy atom. The molecule has 0 atom stereocenters. The third-order valence-electron chi connectivity index (χ3n) is 3.35. The molecule has 5 heteroatoms. The first-order valence-corrected chi connectivity index (χ1v) is 8.47. The van der Waals surface area contributed by atoms with Gasteiger partial charge >= 0.3 is 0 Å². The highest BCUT2D eigenvalue weighted by Gasteiger charge is 2.17. The number of nitrogen functional groups attached to an aromatic ring is 1. The number of hydrogen-bond donors (Lipinski definition) is 1. The van der Waals surface area contributed by atoms with Crippen LogP contribution in [-0.2, 0) is 11.2 Å². The summed E-state index contributed by atoms with van der Waals surface area (Å²) in [6.45, 7) is 10.7. The quantitative estimate of drug-likeness (QED) is 0.677. The smallest absolute Gasteiger partial charge is 0.190 e. The van der Waals surface area contributed by atoms with Gasteiger partial charge in [0.2, 0.25) is 0 Å². The molecule has 2 heterocycles. The van der Waals surface area contributed by atoms with E-state index in [1.165, 1.54) is 5.56 Å². The van der Waals surface area contributed by atoms with Gasteiger partial charge in [-0.15, -0.1) is 0 Å². The summed E-state index contributed by atoms with van der Waals surface area (Å²) in [6.07, 6.45) is 1.87. The average Bonchev–Trinajstić information content (AvgIpc) is 2.44. The fourth-order valence-corrected chi connectivity index (χ4v) is 2.73. The first-order chi connectivity index (χ1) is 10.3. The van der Waals surface area contributed by atoms with Crippen LogP contribution in [0.25, 0.3) is 0 Å². The highest BCUT2D eigenvalue weighted by Crippen LogP contribution is 2.26. The Morgan fingerprint density at radius 2 is 1.91 bits per heavy atom. The molecule has 0 unspecified atom stereocenters. The van der Waals surface area contributed by atoms with Crippen LogP contribution in [0.15, 0.2) is 29.6 Å². The van der Waals surface area contributed by atoms with Crippen LogP contribution in [0.5, 0.6) is 0 Å². The molecule has 0 aliphatic heterocycles. The molecule has 0 saturated carbocycles. The van der Waals surface area contributed by atoms with Crippen molar-refractivity contribution in [2.45, 2.75) is 56.9 Å². The van der Waals surface area contributed by atoms with E-state index in [-0.39, 0.29) is 5.41 Å². The maximum absolute atomic E-state index is 5.91. The van der Waals surface area contributed by atoms with Gasteiger partial charge in [0, 0.05) is 23.4 Å². The number of nitrogens with two attached hydrogens (primary N) is 1. The molecule has 2 aromatic heterocycles. The number of nitrogens with zero attached hydrogens (tertiary/aromatic N) is 3. The van der Waals surface area contributed by atoms with Gasteiger partial charge in [0.05, 0.1) is 11.4 Å². The number of hydrogen-bond acceptors (Lipinski definition) is 5. The summed E-state index contributed by atoms with van der Waals surface area (Å²) < 4.78 is 0. The summed E-state index contributed by atoms with van der Waals surface area (Å²) in [5.41, 5.74) is 9.18. The molecule has 0 bridgehead atoms. The molecular weight excluding hydrogens is 292 g/mol. The van der Waals surface area contributed by atoms with Crippen LogP contribution >= 0.6 is 11.8 Å². The van der Waals surface area contributed by atoms with Gasteiger partial charge in [-0.3, -0.25) is 4.98 Å². The van der Waals surface area contributed by atoms with Gasteiger partial charge in [-0.1, -0.05) is 46.4 Å². The van der Waals surface area contributed by atoms with E-state index in [9.17, 15) is 0 Å². The highest BCUT2D eigenvalue weighted by molar-refractivity contribution is 7.98. The minimum absolute atomic E-state index is 0.0395. The van der Waals surface area contributed by atoms with Gasteiger partial charge in [-0.2, -0.15) is 0 Å². The number of rotatable bonds is 4. The number of pyridine rings is 1. The topological polar surface area (TPSA) is 64.7 Å². The third kappa shape index (κ3) is 4.44. The predicted octanol–water partition coefficient (Wildman–Crippen LogP) is 4.17. The zero-order valence-corrected chi connectivity index (χ0v) is 14.7. The van der Waals surface area contributed by atoms with E-state index in [1.54, 1.807) is 11.8 Å². The van der Waals surface area contributed by atoms with Crippen molar-refractivity contribution in [1.29, 1.82) is 0 Å². The summed E-state index contributed by atoms with van der Waals surface area (Å²) in [5.74, 6) is 1.77. The Kier molecular flexibility index (Phi) is 5.06. The van der Waals surface area contributed by atoms with E-state index in [2.05, 4.69) is 61.7 Å². The zero-order chi connectivity index (χ0) is 16.3. The first-order valence-electron chi connectivity index (χ1n) is 7.48. The maximum atomic E-state index is 5.91. The van der Waals surface area contributed by atoms with Crippen molar-refractivity contribution < 1.29 is 0 Å². The van der Waals surface area contributed by atoms with Crippen molar-refractivity contribution in [2.24, 2.45) is 0 Å². The second kappa shape index (κ2) is 6.65. The van der Waals surface area contributed by atoms with Crippen molar-refractivity contribution in [3.05, 3.63) is 41.3 Å². The molecule has 2 aromatic rings. The van der Waals surface area contributed by atoms with Gasteiger partial charge in [-0.25, -0.2) is 9.97 Å². The minimum Gasteiger partial charge on any atom is -0.384 e. The number of thioether (sulfide) groups is 1. The molecule has 0 spiro atoms. The van der Waals surface area contributed by atoms with Crippen LogP contribution in [-0.4, -0.2) is 15.0 Å². The molecule has 2 N–H and O–H groups in total. The number of aromatic nitrogens is 3. The molecule has 2 rings (SSSR count). The Hall–Kier alpha value is -1.62. The summed E-state index contributed by atoms with van der Waals surface area (Å²) in [5, 5.41) is 0.710. The lowest BCUT2D eigenvalue weighted by Crippen LogP contribution is -2.15. The molecule has 0 fully saturated rings. The largest absolute Gasteiger partial charge is 0.384 e. The van der Waals surface area contributed by atoms with Crippen molar-refractivity contribution in [1.82, 2.24) is 15.0 Å². The van der Waals surface area contributed by atoms with E-state index in [0.717, 1.165) is 17.1 Å². The molecule has 22 heavy (non-hydrogen) atoms. The van der Waals surface area contributed by atoms with Crippen molar-refractivity contribution in [3.63, 3.8) is 0 Å². The summed E-state index contributed by atoms with van der Waals surface area (Å²) in [4.78, 5) is 13.4. The maximum Gasteiger partial charge on any atom is 0.190 e. The fraction of sp³-hybridized carbons (Fsp3) is 0.471. The van der Waals surface area contributed by atoms with Gasteiger partial charge < -0.3 is 5.73 Å².